The summed E-state index contributed by atoms with van der Waals surface area (Å²) in [5.41, 5.74) is 1.71. The fourth-order valence-electron chi connectivity index (χ4n) is 1.96. The first kappa shape index (κ1) is 13.5. The molecule has 1 aromatic carbocycles. The van der Waals surface area contributed by atoms with Gasteiger partial charge in [0.2, 0.25) is 0 Å². The molecule has 0 fully saturated rings. The summed E-state index contributed by atoms with van der Waals surface area (Å²) < 4.78 is 5.49. The van der Waals surface area contributed by atoms with Crippen LogP contribution in [0, 0.1) is 0 Å². The van der Waals surface area contributed by atoms with Gasteiger partial charge in [0.25, 0.3) is 5.91 Å². The Bertz CT molecular complexity index is 452. The van der Waals surface area contributed by atoms with E-state index >= 15 is 0 Å². The van der Waals surface area contributed by atoms with Gasteiger partial charge in [-0.05, 0) is 43.2 Å². The highest BCUT2D eigenvalue weighted by Crippen LogP contribution is 2.14. The van der Waals surface area contributed by atoms with Crippen molar-refractivity contribution in [1.29, 1.82) is 0 Å². The molecule has 1 amide bonds. The molecule has 1 atom stereocenters. The van der Waals surface area contributed by atoms with Crippen molar-refractivity contribution in [2.24, 2.45) is 0 Å². The average molecular weight is 260 g/mol. The number of ether oxygens (including phenoxy) is 1. The average Bonchev–Trinajstić information content (AvgIpc) is 2.46. The summed E-state index contributed by atoms with van der Waals surface area (Å²) in [5, 5.41) is 3.33. The van der Waals surface area contributed by atoms with Crippen molar-refractivity contribution < 1.29 is 9.53 Å². The molecule has 1 aliphatic rings. The molecule has 1 unspecified atom stereocenters. The first-order valence-corrected chi connectivity index (χ1v) is 6.53. The molecule has 1 heterocycles. The summed E-state index contributed by atoms with van der Waals surface area (Å²) in [6.07, 6.45) is 6.16. The Labute approximate surface area is 114 Å². The van der Waals surface area contributed by atoms with Gasteiger partial charge in [-0.1, -0.05) is 0 Å². The number of nitrogens with one attached hydrogen (secondary N) is 1. The van der Waals surface area contributed by atoms with Crippen molar-refractivity contribution in [3.05, 3.63) is 42.2 Å². The van der Waals surface area contributed by atoms with Crippen LogP contribution in [0.2, 0.25) is 0 Å². The maximum absolute atomic E-state index is 11.7. The summed E-state index contributed by atoms with van der Waals surface area (Å²) in [5.74, 6) is 0.0206. The predicted molar refractivity (Wildman–Crippen MR) is 76.2 cm³/mol. The smallest absolute Gasteiger partial charge is 0.253 e. The van der Waals surface area contributed by atoms with Crippen LogP contribution < -0.4 is 5.32 Å². The SMILES string of the molecule is CN(C)C(=O)c1ccc(NCC2CCC=CO2)cc1. The van der Waals surface area contributed by atoms with Crippen LogP contribution in [0.25, 0.3) is 0 Å². The topological polar surface area (TPSA) is 41.6 Å². The van der Waals surface area contributed by atoms with Crippen molar-refractivity contribution in [3.8, 4) is 0 Å². The van der Waals surface area contributed by atoms with Gasteiger partial charge >= 0.3 is 0 Å². The van der Waals surface area contributed by atoms with Crippen LogP contribution in [0.5, 0.6) is 0 Å². The zero-order valence-corrected chi connectivity index (χ0v) is 11.4. The second kappa shape index (κ2) is 6.27. The molecule has 0 bridgehead atoms. The Hall–Kier alpha value is -1.97. The number of allylic oxidation sites excluding steroid dienone is 1. The van der Waals surface area contributed by atoms with Gasteiger partial charge in [0.15, 0.2) is 0 Å². The summed E-state index contributed by atoms with van der Waals surface area (Å²) >= 11 is 0. The van der Waals surface area contributed by atoms with Crippen molar-refractivity contribution in [3.63, 3.8) is 0 Å². The Balaban J connectivity index is 1.88. The molecule has 1 N–H and O–H groups in total. The van der Waals surface area contributed by atoms with E-state index in [1.165, 1.54) is 0 Å². The molecule has 0 spiro atoms. The van der Waals surface area contributed by atoms with Gasteiger partial charge < -0.3 is 15.0 Å². The largest absolute Gasteiger partial charge is 0.497 e. The minimum absolute atomic E-state index is 0.0206. The van der Waals surface area contributed by atoms with Gasteiger partial charge in [-0.2, -0.15) is 0 Å². The molecule has 4 heteroatoms. The van der Waals surface area contributed by atoms with Gasteiger partial charge in [-0.25, -0.2) is 0 Å². The molecule has 0 radical (unpaired) electrons. The van der Waals surface area contributed by atoms with Crippen molar-refractivity contribution in [2.45, 2.75) is 18.9 Å². The standard InChI is InChI=1S/C15H20N2O2/c1-17(2)15(18)12-6-8-13(9-7-12)16-11-14-5-3-4-10-19-14/h4,6-10,14,16H,3,5,11H2,1-2H3. The molecule has 0 saturated carbocycles. The maximum atomic E-state index is 11.7. The first-order chi connectivity index (χ1) is 9.16. The molecule has 0 aromatic heterocycles. The van der Waals surface area contributed by atoms with E-state index in [9.17, 15) is 4.79 Å². The van der Waals surface area contributed by atoms with E-state index in [1.54, 1.807) is 25.3 Å². The second-order valence-electron chi connectivity index (χ2n) is 4.87. The number of amides is 1. The highest BCUT2D eigenvalue weighted by molar-refractivity contribution is 5.94. The number of hydrogen-bond acceptors (Lipinski definition) is 3. The van der Waals surface area contributed by atoms with Crippen LogP contribution in [-0.4, -0.2) is 37.6 Å². The van der Waals surface area contributed by atoms with Gasteiger partial charge in [0, 0.05) is 25.3 Å². The van der Waals surface area contributed by atoms with Crippen LogP contribution in [0.3, 0.4) is 0 Å². The number of nitrogens with zero attached hydrogens (tertiary/aromatic N) is 1. The van der Waals surface area contributed by atoms with Gasteiger partial charge in [0.05, 0.1) is 12.8 Å². The van der Waals surface area contributed by atoms with Crippen LogP contribution in [0.1, 0.15) is 23.2 Å². The molecule has 0 saturated heterocycles. The van der Waals surface area contributed by atoms with Gasteiger partial charge in [0.1, 0.15) is 6.10 Å². The minimum atomic E-state index is 0.0206. The number of rotatable bonds is 4. The number of carbonyl (C=O) groups is 1. The molecule has 19 heavy (non-hydrogen) atoms. The summed E-state index contributed by atoms with van der Waals surface area (Å²) in [7, 11) is 3.50. The molecule has 0 aliphatic carbocycles. The Morgan fingerprint density at radius 2 is 2.11 bits per heavy atom. The molecule has 1 aromatic rings. The number of hydrogen-bond donors (Lipinski definition) is 1. The predicted octanol–water partition coefficient (Wildman–Crippen LogP) is 2.49. The highest BCUT2D eigenvalue weighted by Gasteiger charge is 2.11. The fraction of sp³-hybridized carbons (Fsp3) is 0.400. The minimum Gasteiger partial charge on any atom is -0.497 e. The lowest BCUT2D eigenvalue weighted by Gasteiger charge is -2.20. The third-order valence-corrected chi connectivity index (χ3v) is 3.09. The maximum Gasteiger partial charge on any atom is 0.253 e. The van der Waals surface area contributed by atoms with Crippen LogP contribution >= 0.6 is 0 Å². The lowest BCUT2D eigenvalue weighted by molar-refractivity contribution is 0.0827. The van der Waals surface area contributed by atoms with Crippen molar-refractivity contribution >= 4 is 11.6 Å². The van der Waals surface area contributed by atoms with Gasteiger partial charge in [-0.15, -0.1) is 0 Å². The zero-order chi connectivity index (χ0) is 13.7. The van der Waals surface area contributed by atoms with Crippen molar-refractivity contribution in [2.75, 3.05) is 26.0 Å². The molecule has 1 aliphatic heterocycles. The van der Waals surface area contributed by atoms with Crippen LogP contribution in [0.4, 0.5) is 5.69 Å². The van der Waals surface area contributed by atoms with E-state index in [0.717, 1.165) is 25.1 Å². The number of carbonyl (C=O) groups excluding carboxylic acids is 1. The third kappa shape index (κ3) is 3.74. The van der Waals surface area contributed by atoms with E-state index in [4.69, 9.17) is 4.74 Å². The summed E-state index contributed by atoms with van der Waals surface area (Å²) in [6.45, 7) is 0.783. The summed E-state index contributed by atoms with van der Waals surface area (Å²) in [4.78, 5) is 13.3. The van der Waals surface area contributed by atoms with E-state index in [0.29, 0.717) is 5.56 Å². The van der Waals surface area contributed by atoms with E-state index in [1.807, 2.05) is 30.3 Å². The third-order valence-electron chi connectivity index (χ3n) is 3.09. The van der Waals surface area contributed by atoms with Crippen LogP contribution in [-0.2, 0) is 4.74 Å². The molecule has 2 rings (SSSR count). The van der Waals surface area contributed by atoms with E-state index < -0.39 is 0 Å². The lowest BCUT2D eigenvalue weighted by Crippen LogP contribution is -2.23. The first-order valence-electron chi connectivity index (χ1n) is 6.53. The number of benzene rings is 1. The second-order valence-corrected chi connectivity index (χ2v) is 4.87. The van der Waals surface area contributed by atoms with Crippen molar-refractivity contribution in [1.82, 2.24) is 4.90 Å². The molecule has 102 valence electrons. The van der Waals surface area contributed by atoms with E-state index in [-0.39, 0.29) is 12.0 Å². The highest BCUT2D eigenvalue weighted by atomic mass is 16.5. The van der Waals surface area contributed by atoms with Crippen LogP contribution in [0.15, 0.2) is 36.6 Å². The molecular formula is C15H20N2O2. The monoisotopic (exact) mass is 260 g/mol. The Morgan fingerprint density at radius 3 is 2.68 bits per heavy atom. The normalized spacial score (nSPS) is 17.7. The molecule has 4 nitrogen and oxygen atoms in total. The zero-order valence-electron chi connectivity index (χ0n) is 11.4. The quantitative estimate of drug-likeness (QED) is 0.904. The Kier molecular flexibility index (Phi) is 4.44. The van der Waals surface area contributed by atoms with Gasteiger partial charge in [-0.3, -0.25) is 4.79 Å². The summed E-state index contributed by atoms with van der Waals surface area (Å²) in [6, 6.07) is 7.53. The Morgan fingerprint density at radius 1 is 1.37 bits per heavy atom. The number of anilines is 1. The molecular weight excluding hydrogens is 240 g/mol. The fourth-order valence-corrected chi connectivity index (χ4v) is 1.96. The van der Waals surface area contributed by atoms with E-state index in [2.05, 4.69) is 5.32 Å². The lowest BCUT2D eigenvalue weighted by atomic mass is 10.1.